The van der Waals surface area contributed by atoms with Crippen LogP contribution in [0.25, 0.3) is 10.8 Å². The molecule has 0 radical (unpaired) electrons. The first-order valence-electron chi connectivity index (χ1n) is 5.30. The normalized spacial score (nSPS) is 11.9. The van der Waals surface area contributed by atoms with Crippen molar-refractivity contribution in [3.8, 4) is 10.8 Å². The van der Waals surface area contributed by atoms with Crippen LogP contribution in [0.5, 0.6) is 0 Å². The van der Waals surface area contributed by atoms with Gasteiger partial charge >= 0.3 is 0 Å². The SMILES string of the molecule is Cc1oc(-c2cccs2)nc1CCOS(C)(=O)=O. The van der Waals surface area contributed by atoms with Gasteiger partial charge in [0.15, 0.2) is 0 Å². The molecule has 0 spiro atoms. The Bertz CT molecular complexity index is 614. The number of hydrogen-bond donors (Lipinski definition) is 0. The minimum atomic E-state index is -3.40. The standard InChI is InChI=1S/C11H13NO4S2/c1-8-9(5-6-15-18(2,13)14)12-11(16-8)10-4-3-7-17-10/h3-4,7H,5-6H2,1-2H3. The molecule has 2 aromatic heterocycles. The second-order valence-electron chi connectivity index (χ2n) is 3.78. The first kappa shape index (κ1) is 13.3. The Morgan fingerprint density at radius 2 is 2.28 bits per heavy atom. The third-order valence-corrected chi connectivity index (χ3v) is 3.71. The first-order valence-corrected chi connectivity index (χ1v) is 8.00. The smallest absolute Gasteiger partial charge is 0.264 e. The molecule has 5 nitrogen and oxygen atoms in total. The summed E-state index contributed by atoms with van der Waals surface area (Å²) in [5, 5.41) is 1.95. The molecular formula is C11H13NO4S2. The zero-order valence-corrected chi connectivity index (χ0v) is 11.7. The maximum absolute atomic E-state index is 10.8. The molecule has 98 valence electrons. The minimum absolute atomic E-state index is 0.0795. The van der Waals surface area contributed by atoms with Crippen LogP contribution >= 0.6 is 11.3 Å². The molecule has 18 heavy (non-hydrogen) atoms. The van der Waals surface area contributed by atoms with Crippen molar-refractivity contribution in [2.75, 3.05) is 12.9 Å². The Morgan fingerprint density at radius 3 is 2.89 bits per heavy atom. The number of aryl methyl sites for hydroxylation is 1. The molecule has 0 aromatic carbocycles. The Balaban J connectivity index is 2.06. The Kier molecular flexibility index (Phi) is 3.84. The average molecular weight is 287 g/mol. The van der Waals surface area contributed by atoms with E-state index in [1.54, 1.807) is 18.3 Å². The van der Waals surface area contributed by atoms with E-state index >= 15 is 0 Å². The maximum Gasteiger partial charge on any atom is 0.264 e. The fraction of sp³-hybridized carbons (Fsp3) is 0.364. The molecule has 0 N–H and O–H groups in total. The fourth-order valence-corrected chi connectivity index (χ4v) is 2.49. The number of nitrogens with zero attached hydrogens (tertiary/aromatic N) is 1. The lowest BCUT2D eigenvalue weighted by Crippen LogP contribution is -2.06. The summed E-state index contributed by atoms with van der Waals surface area (Å²) in [4.78, 5) is 5.29. The van der Waals surface area contributed by atoms with Gasteiger partial charge in [0.2, 0.25) is 5.89 Å². The van der Waals surface area contributed by atoms with Crippen LogP contribution in [0.15, 0.2) is 21.9 Å². The predicted molar refractivity (Wildman–Crippen MR) is 69.1 cm³/mol. The van der Waals surface area contributed by atoms with Crippen molar-refractivity contribution in [3.63, 3.8) is 0 Å². The summed E-state index contributed by atoms with van der Waals surface area (Å²) in [7, 11) is -3.40. The molecule has 2 heterocycles. The lowest BCUT2D eigenvalue weighted by Gasteiger charge is -1.98. The van der Waals surface area contributed by atoms with Crippen LogP contribution < -0.4 is 0 Å². The predicted octanol–water partition coefficient (Wildman–Crippen LogP) is 2.23. The zero-order chi connectivity index (χ0) is 13.2. The van der Waals surface area contributed by atoms with Gasteiger partial charge in [-0.15, -0.1) is 11.3 Å². The fourth-order valence-electron chi connectivity index (χ4n) is 1.46. The van der Waals surface area contributed by atoms with E-state index < -0.39 is 10.1 Å². The summed E-state index contributed by atoms with van der Waals surface area (Å²) in [5.41, 5.74) is 0.724. The summed E-state index contributed by atoms with van der Waals surface area (Å²) < 4.78 is 31.9. The van der Waals surface area contributed by atoms with Gasteiger partial charge in [-0.1, -0.05) is 6.07 Å². The summed E-state index contributed by atoms with van der Waals surface area (Å²) in [5.74, 6) is 1.26. The van der Waals surface area contributed by atoms with Gasteiger partial charge in [-0.05, 0) is 18.4 Å². The summed E-state index contributed by atoms with van der Waals surface area (Å²) >= 11 is 1.54. The highest BCUT2D eigenvalue weighted by Crippen LogP contribution is 2.25. The van der Waals surface area contributed by atoms with Crippen molar-refractivity contribution < 1.29 is 17.0 Å². The number of oxazole rings is 1. The molecule has 0 saturated heterocycles. The van der Waals surface area contributed by atoms with Crippen molar-refractivity contribution in [3.05, 3.63) is 29.0 Å². The monoisotopic (exact) mass is 287 g/mol. The van der Waals surface area contributed by atoms with Gasteiger partial charge in [0.1, 0.15) is 5.76 Å². The van der Waals surface area contributed by atoms with E-state index in [0.717, 1.165) is 16.8 Å². The lowest BCUT2D eigenvalue weighted by molar-refractivity contribution is 0.324. The van der Waals surface area contributed by atoms with E-state index in [1.807, 2.05) is 17.5 Å². The van der Waals surface area contributed by atoms with E-state index in [1.165, 1.54) is 0 Å². The van der Waals surface area contributed by atoms with E-state index in [0.29, 0.717) is 18.1 Å². The summed E-state index contributed by atoms with van der Waals surface area (Å²) in [6.07, 6.45) is 1.44. The molecule has 0 unspecified atom stereocenters. The molecular weight excluding hydrogens is 274 g/mol. The summed E-state index contributed by atoms with van der Waals surface area (Å²) in [6, 6.07) is 3.85. The minimum Gasteiger partial charge on any atom is -0.440 e. The molecule has 2 rings (SSSR count). The van der Waals surface area contributed by atoms with Gasteiger partial charge in [0.25, 0.3) is 10.1 Å². The van der Waals surface area contributed by atoms with Gasteiger partial charge in [0.05, 0.1) is 23.4 Å². The molecule has 7 heteroatoms. The molecule has 2 aromatic rings. The molecule has 0 saturated carbocycles. The molecule has 0 amide bonds. The van der Waals surface area contributed by atoms with Gasteiger partial charge in [-0.2, -0.15) is 8.42 Å². The highest BCUT2D eigenvalue weighted by Gasteiger charge is 2.12. The van der Waals surface area contributed by atoms with E-state index in [9.17, 15) is 8.42 Å². The number of aromatic nitrogens is 1. The summed E-state index contributed by atoms with van der Waals surface area (Å²) in [6.45, 7) is 1.88. The zero-order valence-electron chi connectivity index (χ0n) is 10.0. The number of rotatable bonds is 5. The third-order valence-electron chi connectivity index (χ3n) is 2.26. The lowest BCUT2D eigenvalue weighted by atomic mass is 10.3. The topological polar surface area (TPSA) is 69.4 Å². The third kappa shape index (κ3) is 3.41. The van der Waals surface area contributed by atoms with Crippen molar-refractivity contribution >= 4 is 21.5 Å². The van der Waals surface area contributed by atoms with Crippen LogP contribution in [0.3, 0.4) is 0 Å². The van der Waals surface area contributed by atoms with Gasteiger partial charge in [-0.3, -0.25) is 4.18 Å². The van der Waals surface area contributed by atoms with Crippen molar-refractivity contribution in [2.24, 2.45) is 0 Å². The average Bonchev–Trinajstić information content (AvgIpc) is 2.86. The first-order chi connectivity index (χ1) is 8.46. The maximum atomic E-state index is 10.8. The second kappa shape index (κ2) is 5.21. The molecule has 0 atom stereocenters. The highest BCUT2D eigenvalue weighted by atomic mass is 32.2. The highest BCUT2D eigenvalue weighted by molar-refractivity contribution is 7.85. The number of thiophene rings is 1. The van der Waals surface area contributed by atoms with Gasteiger partial charge in [0, 0.05) is 6.42 Å². The molecule has 0 fully saturated rings. The van der Waals surface area contributed by atoms with Crippen molar-refractivity contribution in [1.29, 1.82) is 0 Å². The van der Waals surface area contributed by atoms with Crippen LogP contribution in [0.1, 0.15) is 11.5 Å². The van der Waals surface area contributed by atoms with Crippen LogP contribution in [0, 0.1) is 6.92 Å². The quantitative estimate of drug-likeness (QED) is 0.789. The largest absolute Gasteiger partial charge is 0.440 e. The van der Waals surface area contributed by atoms with Gasteiger partial charge < -0.3 is 4.42 Å². The second-order valence-corrected chi connectivity index (χ2v) is 6.37. The molecule has 0 bridgehead atoms. The van der Waals surface area contributed by atoms with Crippen LogP contribution in [-0.2, 0) is 20.7 Å². The Labute approximate surface area is 110 Å². The Hall–Kier alpha value is -1.18. The van der Waals surface area contributed by atoms with Gasteiger partial charge in [-0.25, -0.2) is 4.98 Å². The molecule has 0 aliphatic rings. The molecule has 0 aliphatic heterocycles. The van der Waals surface area contributed by atoms with E-state index in [2.05, 4.69) is 9.17 Å². The van der Waals surface area contributed by atoms with Crippen LogP contribution in [-0.4, -0.2) is 26.3 Å². The Morgan fingerprint density at radius 1 is 1.50 bits per heavy atom. The van der Waals surface area contributed by atoms with Crippen LogP contribution in [0.2, 0.25) is 0 Å². The van der Waals surface area contributed by atoms with Crippen LogP contribution in [0.4, 0.5) is 0 Å². The number of hydrogen-bond acceptors (Lipinski definition) is 6. The van der Waals surface area contributed by atoms with Crippen molar-refractivity contribution in [1.82, 2.24) is 4.98 Å². The molecule has 0 aliphatic carbocycles. The van der Waals surface area contributed by atoms with E-state index in [4.69, 9.17) is 4.42 Å². The van der Waals surface area contributed by atoms with Crippen molar-refractivity contribution in [2.45, 2.75) is 13.3 Å². The van der Waals surface area contributed by atoms with E-state index in [-0.39, 0.29) is 6.61 Å².